The number of hydrogen-bond acceptors (Lipinski definition) is 4. The zero-order valence-corrected chi connectivity index (χ0v) is 17.8. The number of phenolic OH excluding ortho intramolecular Hbond substituents is 1. The van der Waals surface area contributed by atoms with Gasteiger partial charge in [0.15, 0.2) is 0 Å². The predicted molar refractivity (Wildman–Crippen MR) is 114 cm³/mol. The molecule has 2 rings (SSSR count). The van der Waals surface area contributed by atoms with E-state index in [-0.39, 0.29) is 23.6 Å². The van der Waals surface area contributed by atoms with E-state index in [2.05, 4.69) is 29.0 Å². The van der Waals surface area contributed by atoms with Crippen molar-refractivity contribution < 1.29 is 9.90 Å². The van der Waals surface area contributed by atoms with E-state index in [1.807, 2.05) is 38.5 Å². The Kier molecular flexibility index (Phi) is 8.27. The molecule has 0 saturated heterocycles. The lowest BCUT2D eigenvalue weighted by atomic mass is 9.86. The number of nitrogens with one attached hydrogen (secondary N) is 1. The summed E-state index contributed by atoms with van der Waals surface area (Å²) in [6.07, 6.45) is 4.76. The second kappa shape index (κ2) is 10.4. The van der Waals surface area contributed by atoms with E-state index in [1.54, 1.807) is 18.3 Å². The summed E-state index contributed by atoms with van der Waals surface area (Å²) in [5, 5.41) is 13.0. The molecule has 2 N–H and O–H groups in total. The first kappa shape index (κ1) is 22.2. The Hall–Kier alpha value is -2.11. The van der Waals surface area contributed by atoms with Gasteiger partial charge in [-0.1, -0.05) is 37.6 Å². The third kappa shape index (κ3) is 6.50. The quantitative estimate of drug-likeness (QED) is 0.667. The van der Waals surface area contributed by atoms with Crippen molar-refractivity contribution in [3.63, 3.8) is 0 Å². The van der Waals surface area contributed by atoms with Crippen LogP contribution >= 0.6 is 11.6 Å². The average molecular weight is 404 g/mol. The van der Waals surface area contributed by atoms with Gasteiger partial charge in [0.05, 0.1) is 5.02 Å². The van der Waals surface area contributed by atoms with Crippen LogP contribution < -0.4 is 5.32 Å². The minimum absolute atomic E-state index is 0.0399. The van der Waals surface area contributed by atoms with Gasteiger partial charge >= 0.3 is 0 Å². The number of carbonyl (C=O) groups excluding carboxylic acids is 1. The van der Waals surface area contributed by atoms with Crippen molar-refractivity contribution in [2.24, 2.45) is 5.92 Å². The van der Waals surface area contributed by atoms with Crippen LogP contribution in [0.5, 0.6) is 5.75 Å². The first-order valence-corrected chi connectivity index (χ1v) is 9.96. The van der Waals surface area contributed by atoms with E-state index >= 15 is 0 Å². The predicted octanol–water partition coefficient (Wildman–Crippen LogP) is 3.86. The van der Waals surface area contributed by atoms with Crippen molar-refractivity contribution in [1.29, 1.82) is 0 Å². The standard InChI is InChI=1S/C22H30ClN3O2/c1-15(2)19(17-6-5-9-24-13-17)12-22(28)25-14-18(26(3)4)10-16-7-8-21(27)20(23)11-16/h5-9,11,13,15,18-19,27H,10,12,14H2,1-4H3,(H,25,28)/t18-,19-/m0/s1. The fourth-order valence-electron chi connectivity index (χ4n) is 3.22. The molecule has 1 aromatic heterocycles. The van der Waals surface area contributed by atoms with Crippen molar-refractivity contribution in [3.05, 3.63) is 58.9 Å². The molecule has 0 aliphatic rings. The minimum atomic E-state index is 0.0399. The van der Waals surface area contributed by atoms with E-state index in [9.17, 15) is 9.90 Å². The number of aromatic hydroxyl groups is 1. The minimum Gasteiger partial charge on any atom is -0.506 e. The van der Waals surface area contributed by atoms with E-state index in [1.165, 1.54) is 0 Å². The smallest absolute Gasteiger partial charge is 0.220 e. The maximum atomic E-state index is 12.6. The molecule has 0 saturated carbocycles. The van der Waals surface area contributed by atoms with Crippen molar-refractivity contribution in [2.75, 3.05) is 20.6 Å². The Bertz CT molecular complexity index is 766. The van der Waals surface area contributed by atoms with Gasteiger partial charge in [-0.3, -0.25) is 9.78 Å². The zero-order chi connectivity index (χ0) is 20.7. The molecule has 1 heterocycles. The summed E-state index contributed by atoms with van der Waals surface area (Å²) in [7, 11) is 3.98. The summed E-state index contributed by atoms with van der Waals surface area (Å²) in [5.74, 6) is 0.606. The molecule has 0 spiro atoms. The summed E-state index contributed by atoms with van der Waals surface area (Å²) in [6, 6.07) is 9.29. The van der Waals surface area contributed by atoms with Crippen LogP contribution in [0.1, 0.15) is 37.3 Å². The number of amides is 1. The highest BCUT2D eigenvalue weighted by molar-refractivity contribution is 6.32. The molecule has 0 aliphatic heterocycles. The fourth-order valence-corrected chi connectivity index (χ4v) is 3.43. The van der Waals surface area contributed by atoms with Gasteiger partial charge in [0.25, 0.3) is 0 Å². The third-order valence-electron chi connectivity index (χ3n) is 5.07. The molecule has 28 heavy (non-hydrogen) atoms. The topological polar surface area (TPSA) is 65.5 Å². The molecule has 0 unspecified atom stereocenters. The molecule has 5 nitrogen and oxygen atoms in total. The number of halogens is 1. The van der Waals surface area contributed by atoms with Crippen molar-refractivity contribution in [1.82, 2.24) is 15.2 Å². The molecule has 152 valence electrons. The van der Waals surface area contributed by atoms with Gasteiger partial charge in [-0.15, -0.1) is 0 Å². The van der Waals surface area contributed by atoms with Crippen molar-refractivity contribution in [3.8, 4) is 5.75 Å². The monoisotopic (exact) mass is 403 g/mol. The summed E-state index contributed by atoms with van der Waals surface area (Å²) < 4.78 is 0. The number of likely N-dealkylation sites (N-methyl/N-ethyl adjacent to an activating group) is 1. The van der Waals surface area contributed by atoms with Gasteiger partial charge in [0, 0.05) is 31.4 Å². The molecule has 0 fully saturated rings. The molecule has 0 aliphatic carbocycles. The number of pyridine rings is 1. The number of hydrogen-bond donors (Lipinski definition) is 2. The maximum absolute atomic E-state index is 12.6. The first-order valence-electron chi connectivity index (χ1n) is 9.58. The molecule has 2 atom stereocenters. The van der Waals surface area contributed by atoms with Crippen LogP contribution in [0.25, 0.3) is 0 Å². The van der Waals surface area contributed by atoms with Gasteiger partial charge in [-0.25, -0.2) is 0 Å². The Morgan fingerprint density at radius 2 is 2.04 bits per heavy atom. The third-order valence-corrected chi connectivity index (χ3v) is 5.37. The first-order chi connectivity index (χ1) is 13.3. The van der Waals surface area contributed by atoms with Crippen LogP contribution in [0.3, 0.4) is 0 Å². The van der Waals surface area contributed by atoms with Crippen molar-refractivity contribution >= 4 is 17.5 Å². The highest BCUT2D eigenvalue weighted by Crippen LogP contribution is 2.27. The van der Waals surface area contributed by atoms with Crippen LogP contribution in [0, 0.1) is 5.92 Å². The van der Waals surface area contributed by atoms with Crippen LogP contribution in [0.2, 0.25) is 5.02 Å². The highest BCUT2D eigenvalue weighted by atomic mass is 35.5. The molecule has 1 aromatic carbocycles. The Morgan fingerprint density at radius 1 is 1.29 bits per heavy atom. The Labute approximate surface area is 172 Å². The van der Waals surface area contributed by atoms with Crippen LogP contribution in [0.4, 0.5) is 0 Å². The van der Waals surface area contributed by atoms with Gasteiger partial charge in [-0.05, 0) is 61.7 Å². The molecule has 6 heteroatoms. The van der Waals surface area contributed by atoms with E-state index in [4.69, 9.17) is 11.6 Å². The van der Waals surface area contributed by atoms with Crippen LogP contribution in [-0.2, 0) is 11.2 Å². The zero-order valence-electron chi connectivity index (χ0n) is 17.0. The molecule has 0 radical (unpaired) electrons. The lowest BCUT2D eigenvalue weighted by Gasteiger charge is -2.26. The number of carbonyl (C=O) groups is 1. The molecule has 1 amide bonds. The summed E-state index contributed by atoms with van der Waals surface area (Å²) in [4.78, 5) is 18.9. The fraction of sp³-hybridized carbons (Fsp3) is 0.455. The average Bonchev–Trinajstić information content (AvgIpc) is 2.66. The summed E-state index contributed by atoms with van der Waals surface area (Å²) in [5.41, 5.74) is 2.11. The van der Waals surface area contributed by atoms with Gasteiger partial charge in [0.2, 0.25) is 5.91 Å². The van der Waals surface area contributed by atoms with Crippen LogP contribution in [0.15, 0.2) is 42.7 Å². The number of benzene rings is 1. The second-order valence-corrected chi connectivity index (χ2v) is 8.16. The number of rotatable bonds is 9. The van der Waals surface area contributed by atoms with Gasteiger partial charge in [0.1, 0.15) is 5.75 Å². The molecule has 2 aromatic rings. The lowest BCUT2D eigenvalue weighted by molar-refractivity contribution is -0.121. The Balaban J connectivity index is 1.96. The number of aromatic nitrogens is 1. The maximum Gasteiger partial charge on any atom is 0.220 e. The van der Waals surface area contributed by atoms with E-state index in [0.29, 0.717) is 23.9 Å². The lowest BCUT2D eigenvalue weighted by Crippen LogP contribution is -2.42. The van der Waals surface area contributed by atoms with Gasteiger partial charge < -0.3 is 15.3 Å². The van der Waals surface area contributed by atoms with E-state index in [0.717, 1.165) is 17.5 Å². The summed E-state index contributed by atoms with van der Waals surface area (Å²) >= 11 is 6.01. The molecular formula is C22H30ClN3O2. The largest absolute Gasteiger partial charge is 0.506 e. The summed E-state index contributed by atoms with van der Waals surface area (Å²) in [6.45, 7) is 4.80. The highest BCUT2D eigenvalue weighted by Gasteiger charge is 2.21. The van der Waals surface area contributed by atoms with E-state index < -0.39 is 0 Å². The molecule has 0 bridgehead atoms. The normalized spacial score (nSPS) is 13.5. The van der Waals surface area contributed by atoms with Crippen LogP contribution in [-0.4, -0.2) is 47.6 Å². The molecular weight excluding hydrogens is 374 g/mol. The van der Waals surface area contributed by atoms with Crippen molar-refractivity contribution in [2.45, 2.75) is 38.6 Å². The second-order valence-electron chi connectivity index (χ2n) is 7.75. The SMILES string of the molecule is CC(C)[C@H](CC(=O)NC[C@H](Cc1ccc(O)c(Cl)c1)N(C)C)c1cccnc1. The van der Waals surface area contributed by atoms with Gasteiger partial charge in [-0.2, -0.15) is 0 Å². The Morgan fingerprint density at radius 3 is 2.61 bits per heavy atom. The number of nitrogens with zero attached hydrogens (tertiary/aromatic N) is 2. The number of phenols is 1.